The Labute approximate surface area is 81.6 Å². The van der Waals surface area contributed by atoms with Gasteiger partial charge in [-0.3, -0.25) is 4.79 Å². The molecular formula is C9H12O5. The second-order valence-corrected chi connectivity index (χ2v) is 2.81. The summed E-state index contributed by atoms with van der Waals surface area (Å²) in [6.07, 6.45) is 1.62. The van der Waals surface area contributed by atoms with Gasteiger partial charge in [-0.1, -0.05) is 0 Å². The van der Waals surface area contributed by atoms with E-state index in [1.807, 2.05) is 0 Å². The largest absolute Gasteiger partial charge is 0.487 e. The highest BCUT2D eigenvalue weighted by Crippen LogP contribution is 2.14. The van der Waals surface area contributed by atoms with Crippen LogP contribution < -0.4 is 0 Å². The zero-order valence-electron chi connectivity index (χ0n) is 8.11. The van der Waals surface area contributed by atoms with E-state index in [0.717, 1.165) is 0 Å². The van der Waals surface area contributed by atoms with Crippen molar-refractivity contribution in [2.75, 3.05) is 13.7 Å². The minimum atomic E-state index is -0.554. The lowest BCUT2D eigenvalue weighted by molar-refractivity contribution is -0.148. The summed E-state index contributed by atoms with van der Waals surface area (Å²) in [6.45, 7) is 1.67. The number of ether oxygens (including phenoxy) is 3. The van der Waals surface area contributed by atoms with Crippen molar-refractivity contribution < 1.29 is 23.8 Å². The van der Waals surface area contributed by atoms with Gasteiger partial charge >= 0.3 is 11.9 Å². The Bertz CT molecular complexity index is 268. The molecule has 0 aromatic rings. The molecule has 0 fully saturated rings. The Balaban J connectivity index is 2.63. The average molecular weight is 200 g/mol. The molecule has 5 nitrogen and oxygen atoms in total. The van der Waals surface area contributed by atoms with Crippen molar-refractivity contribution in [2.45, 2.75) is 19.4 Å². The van der Waals surface area contributed by atoms with Crippen molar-refractivity contribution in [3.63, 3.8) is 0 Å². The van der Waals surface area contributed by atoms with Crippen molar-refractivity contribution in [1.82, 2.24) is 0 Å². The summed E-state index contributed by atoms with van der Waals surface area (Å²) in [6, 6.07) is 0. The van der Waals surface area contributed by atoms with Gasteiger partial charge in [-0.05, 0) is 0 Å². The molecule has 78 valence electrons. The van der Waals surface area contributed by atoms with E-state index in [1.165, 1.54) is 20.1 Å². The Morgan fingerprint density at radius 3 is 2.86 bits per heavy atom. The number of carbonyl (C=O) groups excluding carboxylic acids is 2. The van der Waals surface area contributed by atoms with E-state index < -0.39 is 12.1 Å². The Hall–Kier alpha value is -1.52. The SMILES string of the molecule is COC(=O)C1=CC(OC(C)=O)CCO1. The number of methoxy groups -OCH3 is 1. The van der Waals surface area contributed by atoms with Gasteiger partial charge < -0.3 is 14.2 Å². The fraction of sp³-hybridized carbons (Fsp3) is 0.556. The Kier molecular flexibility index (Phi) is 3.50. The third-order valence-corrected chi connectivity index (χ3v) is 1.70. The van der Waals surface area contributed by atoms with E-state index in [4.69, 9.17) is 9.47 Å². The monoisotopic (exact) mass is 200 g/mol. The molecule has 0 aliphatic carbocycles. The van der Waals surface area contributed by atoms with Gasteiger partial charge in [0, 0.05) is 19.4 Å². The van der Waals surface area contributed by atoms with Crippen molar-refractivity contribution >= 4 is 11.9 Å². The molecule has 1 unspecified atom stereocenters. The quantitative estimate of drug-likeness (QED) is 0.603. The number of carbonyl (C=O) groups is 2. The van der Waals surface area contributed by atoms with Gasteiger partial charge in [-0.15, -0.1) is 0 Å². The van der Waals surface area contributed by atoms with Crippen molar-refractivity contribution in [1.29, 1.82) is 0 Å². The molecule has 1 rings (SSSR count). The molecule has 5 heteroatoms. The minimum Gasteiger partial charge on any atom is -0.487 e. The lowest BCUT2D eigenvalue weighted by Gasteiger charge is -2.20. The molecule has 1 atom stereocenters. The van der Waals surface area contributed by atoms with E-state index in [1.54, 1.807) is 0 Å². The van der Waals surface area contributed by atoms with Crippen LogP contribution in [0.25, 0.3) is 0 Å². The molecule has 0 aromatic heterocycles. The van der Waals surface area contributed by atoms with E-state index in [0.29, 0.717) is 13.0 Å². The minimum absolute atomic E-state index is 0.102. The summed E-state index contributed by atoms with van der Waals surface area (Å²) in [5, 5.41) is 0. The maximum atomic E-state index is 11.0. The first-order valence-electron chi connectivity index (χ1n) is 4.23. The molecule has 0 aromatic carbocycles. The molecule has 0 spiro atoms. The lowest BCUT2D eigenvalue weighted by atomic mass is 10.2. The van der Waals surface area contributed by atoms with E-state index in [9.17, 15) is 9.59 Å². The van der Waals surface area contributed by atoms with Crippen LogP contribution in [0.15, 0.2) is 11.8 Å². The summed E-state index contributed by atoms with van der Waals surface area (Å²) >= 11 is 0. The van der Waals surface area contributed by atoms with Crippen LogP contribution in [0, 0.1) is 0 Å². The van der Waals surface area contributed by atoms with Gasteiger partial charge in [-0.25, -0.2) is 4.79 Å². The molecule has 0 saturated heterocycles. The van der Waals surface area contributed by atoms with Gasteiger partial charge in [0.25, 0.3) is 0 Å². The second kappa shape index (κ2) is 4.64. The molecule has 1 aliphatic rings. The number of hydrogen-bond acceptors (Lipinski definition) is 5. The van der Waals surface area contributed by atoms with Crippen LogP contribution in [0.1, 0.15) is 13.3 Å². The van der Waals surface area contributed by atoms with E-state index in [2.05, 4.69) is 4.74 Å². The van der Waals surface area contributed by atoms with Gasteiger partial charge in [-0.2, -0.15) is 0 Å². The van der Waals surface area contributed by atoms with Crippen molar-refractivity contribution in [2.24, 2.45) is 0 Å². The molecular weight excluding hydrogens is 188 g/mol. The van der Waals surface area contributed by atoms with E-state index in [-0.39, 0.29) is 11.7 Å². The molecule has 0 saturated carbocycles. The highest BCUT2D eigenvalue weighted by Gasteiger charge is 2.21. The van der Waals surface area contributed by atoms with Crippen LogP contribution in [0.2, 0.25) is 0 Å². The summed E-state index contributed by atoms with van der Waals surface area (Å²) in [7, 11) is 1.27. The van der Waals surface area contributed by atoms with E-state index >= 15 is 0 Å². The first-order valence-corrected chi connectivity index (χ1v) is 4.23. The normalized spacial score (nSPS) is 20.4. The zero-order valence-corrected chi connectivity index (χ0v) is 8.11. The second-order valence-electron chi connectivity index (χ2n) is 2.81. The topological polar surface area (TPSA) is 61.8 Å². The Morgan fingerprint density at radius 2 is 2.29 bits per heavy atom. The molecule has 0 radical (unpaired) electrons. The maximum absolute atomic E-state index is 11.0. The third kappa shape index (κ3) is 2.76. The number of rotatable bonds is 2. The van der Waals surface area contributed by atoms with Gasteiger partial charge in [0.2, 0.25) is 5.76 Å². The summed E-state index contributed by atoms with van der Waals surface area (Å²) in [4.78, 5) is 21.7. The van der Waals surface area contributed by atoms with Gasteiger partial charge in [0.15, 0.2) is 0 Å². The molecule has 1 heterocycles. The molecule has 0 N–H and O–H groups in total. The lowest BCUT2D eigenvalue weighted by Crippen LogP contribution is -2.24. The zero-order chi connectivity index (χ0) is 10.6. The van der Waals surface area contributed by atoms with Crippen LogP contribution in [0.4, 0.5) is 0 Å². The van der Waals surface area contributed by atoms with Crippen LogP contribution in [-0.2, 0) is 23.8 Å². The average Bonchev–Trinajstić information content (AvgIpc) is 2.16. The summed E-state index contributed by atoms with van der Waals surface area (Å²) in [5.41, 5.74) is 0. The predicted molar refractivity (Wildman–Crippen MR) is 46.2 cm³/mol. The highest BCUT2D eigenvalue weighted by molar-refractivity contribution is 5.86. The molecule has 14 heavy (non-hydrogen) atoms. The van der Waals surface area contributed by atoms with Gasteiger partial charge in [0.1, 0.15) is 6.10 Å². The van der Waals surface area contributed by atoms with Gasteiger partial charge in [0.05, 0.1) is 13.7 Å². The van der Waals surface area contributed by atoms with Crippen molar-refractivity contribution in [3.8, 4) is 0 Å². The smallest absolute Gasteiger partial charge is 0.373 e. The Morgan fingerprint density at radius 1 is 1.57 bits per heavy atom. The van der Waals surface area contributed by atoms with Crippen LogP contribution in [0.3, 0.4) is 0 Å². The van der Waals surface area contributed by atoms with Crippen LogP contribution in [0.5, 0.6) is 0 Å². The number of hydrogen-bond donors (Lipinski definition) is 0. The molecule has 0 amide bonds. The third-order valence-electron chi connectivity index (χ3n) is 1.70. The van der Waals surface area contributed by atoms with Crippen molar-refractivity contribution in [3.05, 3.63) is 11.8 Å². The summed E-state index contributed by atoms with van der Waals surface area (Å²) < 4.78 is 14.4. The summed E-state index contributed by atoms with van der Waals surface area (Å²) in [5.74, 6) is -0.829. The van der Waals surface area contributed by atoms with Crippen LogP contribution in [-0.4, -0.2) is 31.8 Å². The van der Waals surface area contributed by atoms with Crippen LogP contribution >= 0.6 is 0 Å². The fourth-order valence-electron chi connectivity index (χ4n) is 1.12. The predicted octanol–water partition coefficient (Wildman–Crippen LogP) is 0.395. The standard InChI is InChI=1S/C9H12O5/c1-6(10)14-7-3-4-13-8(5-7)9(11)12-2/h5,7H,3-4H2,1-2H3. The highest BCUT2D eigenvalue weighted by atomic mass is 16.6. The fourth-order valence-corrected chi connectivity index (χ4v) is 1.12. The molecule has 0 bridgehead atoms. The maximum Gasteiger partial charge on any atom is 0.373 e. The molecule has 1 aliphatic heterocycles. The first kappa shape index (κ1) is 10.6. The first-order chi connectivity index (χ1) is 6.63. The number of esters is 2.